The third-order valence-corrected chi connectivity index (χ3v) is 11.9. The first-order chi connectivity index (χ1) is 27.7. The summed E-state index contributed by atoms with van der Waals surface area (Å²) in [6.07, 6.45) is 0. The molecule has 3 nitrogen and oxygen atoms in total. The van der Waals surface area contributed by atoms with Gasteiger partial charge in [0.15, 0.2) is 0 Å². The molecule has 0 spiro atoms. The normalized spacial score (nSPS) is 12.9. The Kier molecular flexibility index (Phi) is 7.36. The molecule has 2 aromatic heterocycles. The van der Waals surface area contributed by atoms with Crippen molar-refractivity contribution in [2.24, 2.45) is 0 Å². The molecule has 1 aliphatic rings. The average Bonchev–Trinajstić information content (AvgIpc) is 3.80. The van der Waals surface area contributed by atoms with Crippen LogP contribution in [0.4, 0.5) is 0 Å². The molecule has 10 aromatic rings. The maximum atomic E-state index is 5.41. The van der Waals surface area contributed by atoms with Crippen LogP contribution in [-0.4, -0.2) is 14.5 Å². The first-order valence-corrected chi connectivity index (χ1v) is 19.5. The monoisotopic (exact) mass is 715 g/mol. The van der Waals surface area contributed by atoms with Crippen molar-refractivity contribution in [2.75, 3.05) is 0 Å². The standard InChI is InChI=1S/C53H37N3/c1-2-56-50-24-14-13-23-49(50)55-52(56)38-31-27-36(28-32-38)35-25-29-37(30-26-35)51-45-34-47-44(33-43(45)42-20-10-12-22-48(42)54-51)41-19-9-11-21-46(41)53(47,39-15-5-3-6-16-39)40-17-7-4-8-18-40/h3-34H,2H2,1H3. The first-order valence-electron chi connectivity index (χ1n) is 19.5. The Hall–Kier alpha value is -7.10. The van der Waals surface area contributed by atoms with Crippen LogP contribution in [0, 0.1) is 0 Å². The second kappa shape index (κ2) is 12.8. The van der Waals surface area contributed by atoms with E-state index in [-0.39, 0.29) is 0 Å². The van der Waals surface area contributed by atoms with E-state index >= 15 is 0 Å². The highest BCUT2D eigenvalue weighted by molar-refractivity contribution is 6.13. The fourth-order valence-electron chi connectivity index (χ4n) is 9.35. The lowest BCUT2D eigenvalue weighted by Gasteiger charge is -2.34. The van der Waals surface area contributed by atoms with Crippen LogP contribution in [0.3, 0.4) is 0 Å². The number of fused-ring (bicyclic) bond motifs is 7. The average molecular weight is 716 g/mol. The van der Waals surface area contributed by atoms with Crippen molar-refractivity contribution in [1.82, 2.24) is 14.5 Å². The minimum absolute atomic E-state index is 0.484. The van der Waals surface area contributed by atoms with Crippen LogP contribution < -0.4 is 0 Å². The van der Waals surface area contributed by atoms with Gasteiger partial charge in [0.25, 0.3) is 0 Å². The molecule has 1 aliphatic carbocycles. The first kappa shape index (κ1) is 32.3. The Morgan fingerprint density at radius 1 is 0.429 bits per heavy atom. The molecule has 56 heavy (non-hydrogen) atoms. The molecule has 264 valence electrons. The van der Waals surface area contributed by atoms with Crippen molar-refractivity contribution in [2.45, 2.75) is 18.9 Å². The number of aromatic nitrogens is 3. The van der Waals surface area contributed by atoms with Gasteiger partial charge in [-0.25, -0.2) is 9.97 Å². The molecule has 0 saturated heterocycles. The van der Waals surface area contributed by atoms with E-state index in [1.807, 2.05) is 0 Å². The molecule has 3 heteroatoms. The zero-order valence-corrected chi connectivity index (χ0v) is 31.0. The van der Waals surface area contributed by atoms with Crippen molar-refractivity contribution in [3.05, 3.63) is 216 Å². The number of rotatable bonds is 6. The summed E-state index contributed by atoms with van der Waals surface area (Å²) in [4.78, 5) is 10.4. The van der Waals surface area contributed by atoms with E-state index in [0.29, 0.717) is 0 Å². The summed E-state index contributed by atoms with van der Waals surface area (Å²) in [6, 6.07) is 70.6. The number of nitrogens with zero attached hydrogens (tertiary/aromatic N) is 3. The predicted molar refractivity (Wildman–Crippen MR) is 232 cm³/mol. The van der Waals surface area contributed by atoms with Gasteiger partial charge in [0, 0.05) is 28.4 Å². The van der Waals surface area contributed by atoms with Crippen LogP contribution in [0.2, 0.25) is 0 Å². The number of aryl methyl sites for hydroxylation is 1. The second-order valence-electron chi connectivity index (χ2n) is 14.8. The van der Waals surface area contributed by atoms with E-state index in [0.717, 1.165) is 56.6 Å². The molecule has 0 fully saturated rings. The van der Waals surface area contributed by atoms with Crippen LogP contribution >= 0.6 is 0 Å². The number of hydrogen-bond acceptors (Lipinski definition) is 2. The molecule has 0 amide bonds. The fraction of sp³-hybridized carbons (Fsp3) is 0.0566. The summed E-state index contributed by atoms with van der Waals surface area (Å²) in [5.74, 6) is 1.00. The lowest BCUT2D eigenvalue weighted by atomic mass is 9.67. The second-order valence-corrected chi connectivity index (χ2v) is 14.8. The lowest BCUT2D eigenvalue weighted by molar-refractivity contribution is 0.769. The van der Waals surface area contributed by atoms with Gasteiger partial charge in [0.05, 0.1) is 27.7 Å². The highest BCUT2D eigenvalue weighted by Crippen LogP contribution is 2.57. The van der Waals surface area contributed by atoms with Crippen LogP contribution in [0.5, 0.6) is 0 Å². The summed E-state index contributed by atoms with van der Waals surface area (Å²) in [7, 11) is 0. The van der Waals surface area contributed by atoms with Crippen molar-refractivity contribution < 1.29 is 0 Å². The summed E-state index contributed by atoms with van der Waals surface area (Å²) in [5, 5.41) is 3.54. The zero-order chi connectivity index (χ0) is 37.2. The maximum Gasteiger partial charge on any atom is 0.141 e. The number of hydrogen-bond donors (Lipinski definition) is 0. The number of benzene rings is 8. The smallest absolute Gasteiger partial charge is 0.141 e. The Balaban J connectivity index is 1.07. The van der Waals surface area contributed by atoms with Crippen molar-refractivity contribution in [1.29, 1.82) is 0 Å². The van der Waals surface area contributed by atoms with E-state index < -0.39 is 5.41 Å². The molecule has 0 atom stereocenters. The van der Waals surface area contributed by atoms with Crippen LogP contribution in [0.1, 0.15) is 29.2 Å². The van der Waals surface area contributed by atoms with Gasteiger partial charge in [0.2, 0.25) is 0 Å². The molecule has 0 radical (unpaired) electrons. The molecular weight excluding hydrogens is 679 g/mol. The minimum Gasteiger partial charge on any atom is -0.324 e. The minimum atomic E-state index is -0.484. The lowest BCUT2D eigenvalue weighted by Crippen LogP contribution is -2.28. The van der Waals surface area contributed by atoms with Gasteiger partial charge >= 0.3 is 0 Å². The number of pyridine rings is 1. The molecular formula is C53H37N3. The van der Waals surface area contributed by atoms with Gasteiger partial charge in [-0.15, -0.1) is 0 Å². The van der Waals surface area contributed by atoms with Crippen LogP contribution in [0.25, 0.3) is 77.6 Å². The van der Waals surface area contributed by atoms with Gasteiger partial charge in [-0.3, -0.25) is 0 Å². The summed E-state index contributed by atoms with van der Waals surface area (Å²) >= 11 is 0. The van der Waals surface area contributed by atoms with Crippen LogP contribution in [-0.2, 0) is 12.0 Å². The summed E-state index contributed by atoms with van der Waals surface area (Å²) in [6.45, 7) is 3.04. The molecule has 0 aliphatic heterocycles. The van der Waals surface area contributed by atoms with E-state index in [4.69, 9.17) is 9.97 Å². The van der Waals surface area contributed by atoms with Gasteiger partial charge in [0.1, 0.15) is 5.82 Å². The SMILES string of the molecule is CCn1c(-c2ccc(-c3ccc(-c4nc5ccccc5c5cc6c(cc45)C(c4ccccc4)(c4ccccc4)c4ccccc4-6)cc3)cc2)nc2ccccc21. The molecule has 8 aromatic carbocycles. The Labute approximate surface area is 326 Å². The van der Waals surface area contributed by atoms with Crippen molar-refractivity contribution in [3.8, 4) is 44.9 Å². The van der Waals surface area contributed by atoms with Gasteiger partial charge in [-0.1, -0.05) is 164 Å². The predicted octanol–water partition coefficient (Wildman–Crippen LogP) is 13.1. The molecule has 0 unspecified atom stereocenters. The van der Waals surface area contributed by atoms with Gasteiger partial charge in [-0.05, 0) is 87.1 Å². The summed E-state index contributed by atoms with van der Waals surface area (Å²) < 4.78 is 2.29. The molecule has 2 heterocycles. The molecule has 0 saturated carbocycles. The van der Waals surface area contributed by atoms with E-state index in [1.54, 1.807) is 0 Å². The van der Waals surface area contributed by atoms with Gasteiger partial charge in [-0.2, -0.15) is 0 Å². The zero-order valence-electron chi connectivity index (χ0n) is 31.0. The van der Waals surface area contributed by atoms with Gasteiger partial charge < -0.3 is 4.57 Å². The Morgan fingerprint density at radius 2 is 1.00 bits per heavy atom. The molecule has 11 rings (SSSR count). The van der Waals surface area contributed by atoms with E-state index in [9.17, 15) is 0 Å². The third kappa shape index (κ3) is 4.77. The van der Waals surface area contributed by atoms with Crippen molar-refractivity contribution in [3.63, 3.8) is 0 Å². The Morgan fingerprint density at radius 3 is 1.70 bits per heavy atom. The number of imidazole rings is 1. The maximum absolute atomic E-state index is 5.41. The molecule has 0 N–H and O–H groups in total. The Bertz CT molecular complexity index is 3050. The van der Waals surface area contributed by atoms with Crippen molar-refractivity contribution >= 4 is 32.7 Å². The van der Waals surface area contributed by atoms with E-state index in [2.05, 4.69) is 206 Å². The largest absolute Gasteiger partial charge is 0.324 e. The quantitative estimate of drug-likeness (QED) is 0.161. The topological polar surface area (TPSA) is 30.7 Å². The van der Waals surface area contributed by atoms with Crippen LogP contribution in [0.15, 0.2) is 194 Å². The fourth-order valence-corrected chi connectivity index (χ4v) is 9.35. The third-order valence-electron chi connectivity index (χ3n) is 11.9. The highest BCUT2D eigenvalue weighted by Gasteiger charge is 2.46. The van der Waals surface area contributed by atoms with E-state index in [1.165, 1.54) is 49.8 Å². The summed E-state index contributed by atoms with van der Waals surface area (Å²) in [5.41, 5.74) is 15.9. The molecule has 0 bridgehead atoms. The highest BCUT2D eigenvalue weighted by atomic mass is 15.1. The number of para-hydroxylation sites is 3.